The maximum Gasteiger partial charge on any atom is 0.160 e. The van der Waals surface area contributed by atoms with Crippen LogP contribution in [0.3, 0.4) is 0 Å². The van der Waals surface area contributed by atoms with Gasteiger partial charge in [0.25, 0.3) is 0 Å². The van der Waals surface area contributed by atoms with E-state index < -0.39 is 15.8 Å². The van der Waals surface area contributed by atoms with Crippen LogP contribution in [0.15, 0.2) is 121 Å². The molecule has 1 aliphatic carbocycles. The third kappa shape index (κ3) is 6.04. The van der Waals surface area contributed by atoms with Crippen LogP contribution in [0.25, 0.3) is 0 Å². The zero-order valence-corrected chi connectivity index (χ0v) is 26.4. The number of hydrogen-bond acceptors (Lipinski definition) is 4. The molecule has 5 rings (SSSR count). The smallest absolute Gasteiger partial charge is 0.160 e. The highest BCUT2D eigenvalue weighted by Crippen LogP contribution is 2.58. The van der Waals surface area contributed by atoms with Crippen molar-refractivity contribution in [2.45, 2.75) is 33.4 Å². The number of benzene rings is 4. The fourth-order valence-corrected chi connectivity index (χ4v) is 12.1. The van der Waals surface area contributed by atoms with E-state index in [1.807, 2.05) is 103 Å². The summed E-state index contributed by atoms with van der Waals surface area (Å²) < 4.78 is 0. The van der Waals surface area contributed by atoms with Crippen molar-refractivity contribution < 1.29 is 19.2 Å². The molecular formula is C37H32O4P2. The summed E-state index contributed by atoms with van der Waals surface area (Å²) in [6, 6.07) is 30.6. The lowest BCUT2D eigenvalue weighted by Crippen LogP contribution is -2.30. The van der Waals surface area contributed by atoms with Gasteiger partial charge in [0, 0.05) is 27.9 Å². The van der Waals surface area contributed by atoms with Gasteiger partial charge in [-0.1, -0.05) is 115 Å². The highest BCUT2D eigenvalue weighted by atomic mass is 31.1. The molecule has 43 heavy (non-hydrogen) atoms. The van der Waals surface area contributed by atoms with E-state index >= 15 is 0 Å². The topological polar surface area (TPSA) is 68.3 Å². The van der Waals surface area contributed by atoms with Gasteiger partial charge < -0.3 is 0 Å². The van der Waals surface area contributed by atoms with Crippen LogP contribution >= 0.6 is 15.8 Å². The quantitative estimate of drug-likeness (QED) is 0.147. The lowest BCUT2D eigenvalue weighted by Gasteiger charge is -2.34. The summed E-state index contributed by atoms with van der Waals surface area (Å²) in [6.07, 6.45) is 6.29. The number of allylic oxidation sites excluding steroid dienone is 4. The number of Topliss-reactive ketones (excluding diaryl/α,β-unsaturated/α-hetero) is 4. The second-order valence-corrected chi connectivity index (χ2v) is 14.8. The molecular weight excluding hydrogens is 570 g/mol. The van der Waals surface area contributed by atoms with Crippen molar-refractivity contribution in [1.29, 1.82) is 0 Å². The summed E-state index contributed by atoms with van der Waals surface area (Å²) in [5.74, 6) is -0.167. The predicted molar refractivity (Wildman–Crippen MR) is 179 cm³/mol. The minimum Gasteiger partial charge on any atom is -0.294 e. The molecule has 0 amide bonds. The van der Waals surface area contributed by atoms with E-state index in [4.69, 9.17) is 0 Å². The summed E-state index contributed by atoms with van der Waals surface area (Å²) in [5, 5.41) is 4.63. The molecule has 214 valence electrons. The lowest BCUT2D eigenvalue weighted by atomic mass is 10.1. The van der Waals surface area contributed by atoms with Crippen molar-refractivity contribution in [1.82, 2.24) is 0 Å². The molecule has 4 aromatic rings. The molecule has 4 aromatic carbocycles. The molecule has 0 aromatic heterocycles. The van der Waals surface area contributed by atoms with Crippen molar-refractivity contribution >= 4 is 60.2 Å². The van der Waals surface area contributed by atoms with Gasteiger partial charge in [0.15, 0.2) is 23.1 Å². The average Bonchev–Trinajstić information content (AvgIpc) is 3.47. The van der Waals surface area contributed by atoms with Crippen LogP contribution < -0.4 is 21.2 Å². The molecule has 0 bridgehead atoms. The average molecular weight is 603 g/mol. The maximum absolute atomic E-state index is 13.0. The second-order valence-electron chi connectivity index (χ2n) is 10.4. The van der Waals surface area contributed by atoms with Gasteiger partial charge in [-0.2, -0.15) is 0 Å². The van der Waals surface area contributed by atoms with Crippen LogP contribution in [-0.4, -0.2) is 28.8 Å². The molecule has 0 heterocycles. The molecule has 1 aliphatic rings. The molecule has 0 saturated carbocycles. The van der Waals surface area contributed by atoms with Crippen molar-refractivity contribution in [3.63, 3.8) is 0 Å². The zero-order chi connectivity index (χ0) is 30.7. The van der Waals surface area contributed by atoms with Crippen molar-refractivity contribution in [3.8, 4) is 0 Å². The summed E-state index contributed by atoms with van der Waals surface area (Å²) >= 11 is 0. The van der Waals surface area contributed by atoms with E-state index in [1.54, 1.807) is 27.7 Å². The largest absolute Gasteiger partial charge is 0.294 e. The minimum absolute atomic E-state index is 0.0398. The Balaban J connectivity index is 1.82. The minimum atomic E-state index is -1.36. The first-order valence-corrected chi connectivity index (χ1v) is 16.8. The Labute approximate surface area is 255 Å². The van der Waals surface area contributed by atoms with Gasteiger partial charge in [0.1, 0.15) is 0 Å². The standard InChI is InChI=1S/C37H32O4P2/c1-24(38)28-14-5-9-18-32(28)42(33-19-10-6-15-29(33)25(2)39)36-22-13-23-37(36)43(34-20-11-7-16-30(34)26(3)40)35-21-12-8-17-31(35)27(4)41/h5-23,36H,1-4H3. The zero-order valence-electron chi connectivity index (χ0n) is 24.6. The molecule has 6 heteroatoms. The lowest BCUT2D eigenvalue weighted by molar-refractivity contribution is 0.101. The summed E-state index contributed by atoms with van der Waals surface area (Å²) in [6.45, 7) is 6.29. The number of hydrogen-bond donors (Lipinski definition) is 0. The normalized spacial score (nSPS) is 14.2. The third-order valence-electron chi connectivity index (χ3n) is 7.53. The van der Waals surface area contributed by atoms with E-state index in [0.29, 0.717) is 22.3 Å². The van der Waals surface area contributed by atoms with Gasteiger partial charge in [0.05, 0.1) is 0 Å². The molecule has 0 spiro atoms. The van der Waals surface area contributed by atoms with Gasteiger partial charge in [-0.3, -0.25) is 19.2 Å². The molecule has 0 aliphatic heterocycles. The summed E-state index contributed by atoms with van der Waals surface area (Å²) in [4.78, 5) is 51.9. The third-order valence-corrected chi connectivity index (χ3v) is 13.2. The Bertz CT molecular complexity index is 1700. The van der Waals surface area contributed by atoms with Gasteiger partial charge in [-0.15, -0.1) is 0 Å². The number of carbonyl (C=O) groups excluding carboxylic acids is 4. The van der Waals surface area contributed by atoms with Crippen LogP contribution in [0.2, 0.25) is 0 Å². The van der Waals surface area contributed by atoms with Crippen LogP contribution in [0, 0.1) is 0 Å². The second kappa shape index (κ2) is 13.0. The Kier molecular flexibility index (Phi) is 9.21. The molecule has 0 saturated heterocycles. The monoisotopic (exact) mass is 602 g/mol. The van der Waals surface area contributed by atoms with E-state index in [0.717, 1.165) is 26.5 Å². The number of rotatable bonds is 10. The van der Waals surface area contributed by atoms with Crippen molar-refractivity contribution in [2.75, 3.05) is 0 Å². The van der Waals surface area contributed by atoms with Crippen molar-refractivity contribution in [3.05, 3.63) is 143 Å². The van der Waals surface area contributed by atoms with Crippen LogP contribution in [0.5, 0.6) is 0 Å². The van der Waals surface area contributed by atoms with Crippen LogP contribution in [0.1, 0.15) is 69.1 Å². The molecule has 0 radical (unpaired) electrons. The number of ketones is 4. The van der Waals surface area contributed by atoms with Gasteiger partial charge in [-0.05, 0) is 70.1 Å². The van der Waals surface area contributed by atoms with E-state index in [1.165, 1.54) is 0 Å². The molecule has 1 unspecified atom stereocenters. The van der Waals surface area contributed by atoms with Gasteiger partial charge in [-0.25, -0.2) is 0 Å². The Hall–Kier alpha value is -4.10. The summed E-state index contributed by atoms with van der Waals surface area (Å²) in [5.41, 5.74) is 2.31. The first-order valence-electron chi connectivity index (χ1n) is 14.1. The fourth-order valence-electron chi connectivity index (χ4n) is 5.61. The predicted octanol–water partition coefficient (Wildman–Crippen LogP) is 6.88. The molecule has 1 atom stereocenters. The van der Waals surface area contributed by atoms with Crippen molar-refractivity contribution in [2.24, 2.45) is 0 Å². The fraction of sp³-hybridized carbons (Fsp3) is 0.135. The molecule has 0 fully saturated rings. The Morgan fingerprint density at radius 3 is 1.19 bits per heavy atom. The van der Waals surface area contributed by atoms with E-state index in [9.17, 15) is 19.2 Å². The molecule has 0 N–H and O–H groups in total. The first-order chi connectivity index (χ1) is 20.7. The first kappa shape index (κ1) is 30.4. The highest BCUT2D eigenvalue weighted by molar-refractivity contribution is 7.80. The van der Waals surface area contributed by atoms with Gasteiger partial charge in [0.2, 0.25) is 0 Å². The van der Waals surface area contributed by atoms with Gasteiger partial charge >= 0.3 is 0 Å². The SMILES string of the molecule is CC(=O)c1ccccc1P(C1=CC=CC1P(c1ccccc1C(C)=O)c1ccccc1C(C)=O)c1ccccc1C(C)=O. The maximum atomic E-state index is 13.0. The van der Waals surface area contributed by atoms with E-state index in [-0.39, 0.29) is 28.8 Å². The van der Waals surface area contributed by atoms with Crippen LogP contribution in [0.4, 0.5) is 0 Å². The highest BCUT2D eigenvalue weighted by Gasteiger charge is 2.37. The van der Waals surface area contributed by atoms with E-state index in [2.05, 4.69) is 12.2 Å². The van der Waals surface area contributed by atoms with Crippen LogP contribution in [-0.2, 0) is 0 Å². The summed E-state index contributed by atoms with van der Waals surface area (Å²) in [7, 11) is -2.67. The Morgan fingerprint density at radius 2 is 0.814 bits per heavy atom. The Morgan fingerprint density at radius 1 is 0.488 bits per heavy atom. The molecule has 4 nitrogen and oxygen atoms in total. The number of carbonyl (C=O) groups is 4.